The second-order valence-electron chi connectivity index (χ2n) is 7.04. The third-order valence-corrected chi connectivity index (χ3v) is 6.00. The van der Waals surface area contributed by atoms with E-state index in [2.05, 4.69) is 48.5 Å². The maximum Gasteiger partial charge on any atom is 0.494 e. The first-order valence-corrected chi connectivity index (χ1v) is 11.0. The van der Waals surface area contributed by atoms with E-state index in [0.29, 0.717) is 13.2 Å². The summed E-state index contributed by atoms with van der Waals surface area (Å²) in [4.78, 5) is 1.25. The summed E-state index contributed by atoms with van der Waals surface area (Å²) in [6.07, 6.45) is 0.869. The van der Waals surface area contributed by atoms with Crippen molar-refractivity contribution in [3.8, 4) is 0 Å². The summed E-state index contributed by atoms with van der Waals surface area (Å²) in [5.41, 5.74) is 2.25. The van der Waals surface area contributed by atoms with Crippen LogP contribution in [0.1, 0.15) is 12.0 Å². The Morgan fingerprint density at radius 1 is 0.759 bits per heavy atom. The van der Waals surface area contributed by atoms with Gasteiger partial charge in [0.25, 0.3) is 0 Å². The van der Waals surface area contributed by atoms with E-state index < -0.39 is 0 Å². The van der Waals surface area contributed by atoms with E-state index in [4.69, 9.17) is 14.0 Å². The van der Waals surface area contributed by atoms with Crippen molar-refractivity contribution < 1.29 is 14.0 Å². The first kappa shape index (κ1) is 20.2. The van der Waals surface area contributed by atoms with Gasteiger partial charge in [-0.1, -0.05) is 78.9 Å². The van der Waals surface area contributed by atoms with Crippen molar-refractivity contribution >= 4 is 24.3 Å². The average molecular weight is 404 g/mol. The molecule has 5 heteroatoms. The van der Waals surface area contributed by atoms with Gasteiger partial charge >= 0.3 is 7.12 Å². The number of rotatable bonds is 9. The van der Waals surface area contributed by atoms with Gasteiger partial charge in [-0.05, 0) is 29.6 Å². The molecule has 3 aromatic rings. The van der Waals surface area contributed by atoms with Crippen LogP contribution in [0, 0.1) is 0 Å². The van der Waals surface area contributed by atoms with E-state index in [0.717, 1.165) is 17.6 Å². The van der Waals surface area contributed by atoms with Crippen LogP contribution in [0.25, 0.3) is 0 Å². The predicted octanol–water partition coefficient (Wildman–Crippen LogP) is 4.57. The molecule has 29 heavy (non-hydrogen) atoms. The molecular formula is C24H25BO3S. The molecule has 0 unspecified atom stereocenters. The molecular weight excluding hydrogens is 379 g/mol. The van der Waals surface area contributed by atoms with E-state index in [-0.39, 0.29) is 19.3 Å². The minimum Gasteiger partial charge on any atom is -0.402 e. The Morgan fingerprint density at radius 2 is 1.38 bits per heavy atom. The number of hydrogen-bond acceptors (Lipinski definition) is 4. The molecule has 1 heterocycles. The smallest absolute Gasteiger partial charge is 0.402 e. The van der Waals surface area contributed by atoms with Crippen LogP contribution in [0.5, 0.6) is 0 Å². The monoisotopic (exact) mass is 404 g/mol. The number of benzene rings is 3. The van der Waals surface area contributed by atoms with E-state index in [1.54, 1.807) is 0 Å². The van der Waals surface area contributed by atoms with Gasteiger partial charge in [-0.2, -0.15) is 0 Å². The summed E-state index contributed by atoms with van der Waals surface area (Å²) in [6.45, 7) is 1.27. The average Bonchev–Trinajstić information content (AvgIpc) is 3.20. The molecule has 3 aromatic carbocycles. The highest BCUT2D eigenvalue weighted by Crippen LogP contribution is 2.27. The van der Waals surface area contributed by atoms with Crippen molar-refractivity contribution in [2.45, 2.75) is 30.1 Å². The molecule has 0 spiro atoms. The van der Waals surface area contributed by atoms with Gasteiger partial charge in [0.2, 0.25) is 0 Å². The molecule has 0 bridgehead atoms. The molecule has 0 radical (unpaired) electrons. The lowest BCUT2D eigenvalue weighted by atomic mass is 9.79. The topological polar surface area (TPSA) is 27.7 Å². The molecule has 2 atom stereocenters. The highest BCUT2D eigenvalue weighted by atomic mass is 32.2. The molecule has 0 amide bonds. The van der Waals surface area contributed by atoms with Crippen molar-refractivity contribution in [3.05, 3.63) is 96.6 Å². The van der Waals surface area contributed by atoms with E-state index in [1.165, 1.54) is 10.5 Å². The zero-order chi connectivity index (χ0) is 19.7. The first-order chi connectivity index (χ1) is 14.4. The number of ether oxygens (including phenoxy) is 1. The standard InChI is InChI=1S/C24H25BO3S/c1-4-10-20(11-5-1)18-26-17-16-23-24(19-29-22-14-8-3-9-15-22)28-25(27-23)21-12-6-2-7-13-21/h1-15,23-24H,16-19H2/t23-,24+/m1/s1. The van der Waals surface area contributed by atoms with Crippen LogP contribution in [0.4, 0.5) is 0 Å². The van der Waals surface area contributed by atoms with Crippen LogP contribution in [-0.4, -0.2) is 31.7 Å². The van der Waals surface area contributed by atoms with Gasteiger partial charge in [-0.25, -0.2) is 0 Å². The Labute approximate surface area is 177 Å². The molecule has 1 saturated heterocycles. The lowest BCUT2D eigenvalue weighted by Gasteiger charge is -2.18. The highest BCUT2D eigenvalue weighted by Gasteiger charge is 2.40. The summed E-state index contributed by atoms with van der Waals surface area (Å²) < 4.78 is 18.5. The summed E-state index contributed by atoms with van der Waals surface area (Å²) in [5.74, 6) is 0.858. The van der Waals surface area contributed by atoms with Crippen LogP contribution < -0.4 is 5.46 Å². The van der Waals surface area contributed by atoms with Crippen molar-refractivity contribution in [1.82, 2.24) is 0 Å². The SMILES string of the molecule is c1ccc(COCC[C@H]2OB(c3ccccc3)O[C@H]2CSc2ccccc2)cc1. The summed E-state index contributed by atoms with van der Waals surface area (Å²) >= 11 is 1.81. The molecule has 0 aliphatic carbocycles. The Kier molecular flexibility index (Phi) is 7.43. The van der Waals surface area contributed by atoms with Gasteiger partial charge in [0.1, 0.15) is 0 Å². The fourth-order valence-electron chi connectivity index (χ4n) is 3.35. The minimum absolute atomic E-state index is 0.0205. The predicted molar refractivity (Wildman–Crippen MR) is 119 cm³/mol. The second kappa shape index (κ2) is 10.7. The van der Waals surface area contributed by atoms with Gasteiger partial charge < -0.3 is 14.0 Å². The number of thioether (sulfide) groups is 1. The zero-order valence-electron chi connectivity index (χ0n) is 16.4. The van der Waals surface area contributed by atoms with Gasteiger partial charge in [0.05, 0.1) is 18.8 Å². The Bertz CT molecular complexity index is 848. The lowest BCUT2D eigenvalue weighted by molar-refractivity contribution is 0.0757. The highest BCUT2D eigenvalue weighted by molar-refractivity contribution is 7.99. The maximum absolute atomic E-state index is 6.30. The molecule has 0 N–H and O–H groups in total. The van der Waals surface area contributed by atoms with E-state index >= 15 is 0 Å². The van der Waals surface area contributed by atoms with Crippen LogP contribution >= 0.6 is 11.8 Å². The molecule has 1 fully saturated rings. The fourth-order valence-corrected chi connectivity index (χ4v) is 4.35. The van der Waals surface area contributed by atoms with Crippen molar-refractivity contribution in [2.75, 3.05) is 12.4 Å². The van der Waals surface area contributed by atoms with Crippen LogP contribution in [0.2, 0.25) is 0 Å². The Morgan fingerprint density at radius 3 is 2.10 bits per heavy atom. The minimum atomic E-state index is -0.309. The number of hydrogen-bond donors (Lipinski definition) is 0. The first-order valence-electron chi connectivity index (χ1n) is 10.0. The van der Waals surface area contributed by atoms with E-state index in [1.807, 2.05) is 54.2 Å². The largest absolute Gasteiger partial charge is 0.494 e. The third-order valence-electron chi connectivity index (χ3n) is 4.90. The van der Waals surface area contributed by atoms with Crippen LogP contribution in [0.15, 0.2) is 95.9 Å². The molecule has 4 rings (SSSR count). The van der Waals surface area contributed by atoms with E-state index in [9.17, 15) is 0 Å². The maximum atomic E-state index is 6.30. The Hall–Kier alpha value is -2.05. The van der Waals surface area contributed by atoms with Crippen molar-refractivity contribution in [2.24, 2.45) is 0 Å². The molecule has 1 aliphatic heterocycles. The van der Waals surface area contributed by atoms with Crippen LogP contribution in [-0.2, 0) is 20.7 Å². The third kappa shape index (κ3) is 5.97. The summed E-state index contributed by atoms with van der Waals surface area (Å²) in [7, 11) is -0.309. The second-order valence-corrected chi connectivity index (χ2v) is 8.14. The fraction of sp³-hybridized carbons (Fsp3) is 0.250. The van der Waals surface area contributed by atoms with Crippen molar-refractivity contribution in [1.29, 1.82) is 0 Å². The van der Waals surface area contributed by atoms with Gasteiger partial charge in [-0.3, -0.25) is 0 Å². The quantitative estimate of drug-likeness (QED) is 0.297. The zero-order valence-corrected chi connectivity index (χ0v) is 17.2. The lowest BCUT2D eigenvalue weighted by Crippen LogP contribution is -2.32. The van der Waals surface area contributed by atoms with Crippen molar-refractivity contribution in [3.63, 3.8) is 0 Å². The molecule has 1 aliphatic rings. The van der Waals surface area contributed by atoms with Gasteiger partial charge in [0.15, 0.2) is 0 Å². The van der Waals surface area contributed by atoms with Gasteiger partial charge in [-0.15, -0.1) is 11.8 Å². The molecule has 148 valence electrons. The van der Waals surface area contributed by atoms with Crippen LogP contribution in [0.3, 0.4) is 0 Å². The summed E-state index contributed by atoms with van der Waals surface area (Å²) in [5, 5.41) is 0. The molecule has 0 saturated carbocycles. The Balaban J connectivity index is 1.33. The normalized spacial score (nSPS) is 18.8. The van der Waals surface area contributed by atoms with Gasteiger partial charge in [0, 0.05) is 17.3 Å². The molecule has 0 aromatic heterocycles. The molecule has 3 nitrogen and oxygen atoms in total. The summed E-state index contributed by atoms with van der Waals surface area (Å²) in [6, 6.07) is 30.9.